The number of thiophene rings is 1. The summed E-state index contributed by atoms with van der Waals surface area (Å²) < 4.78 is 16.6. The highest BCUT2D eigenvalue weighted by molar-refractivity contribution is 7.12. The number of carbonyl (C=O) groups is 1. The fraction of sp³-hybridized carbons (Fsp3) is 0.476. The van der Waals surface area contributed by atoms with Gasteiger partial charge in [-0.1, -0.05) is 12.1 Å². The highest BCUT2D eigenvalue weighted by Crippen LogP contribution is 2.46. The van der Waals surface area contributed by atoms with Crippen molar-refractivity contribution in [2.75, 3.05) is 47.0 Å². The van der Waals surface area contributed by atoms with Gasteiger partial charge in [-0.3, -0.25) is 9.69 Å². The van der Waals surface area contributed by atoms with E-state index in [1.54, 1.807) is 7.11 Å². The molecule has 1 aromatic heterocycles. The number of rotatable bonds is 3. The van der Waals surface area contributed by atoms with Gasteiger partial charge in [-0.25, -0.2) is 0 Å². The zero-order valence-corrected chi connectivity index (χ0v) is 16.9. The fourth-order valence-electron chi connectivity index (χ4n) is 4.88. The lowest BCUT2D eigenvalue weighted by atomic mass is 9.89. The molecule has 0 unspecified atom stereocenters. The Morgan fingerprint density at radius 3 is 2.71 bits per heavy atom. The molecule has 2 saturated heterocycles. The largest absolute Gasteiger partial charge is 0.497 e. The minimum Gasteiger partial charge on any atom is -0.497 e. The Labute approximate surface area is 168 Å². The van der Waals surface area contributed by atoms with Gasteiger partial charge >= 0.3 is 0 Å². The topological polar surface area (TPSA) is 51.2 Å². The highest BCUT2D eigenvalue weighted by atomic mass is 32.1. The van der Waals surface area contributed by atoms with Crippen LogP contribution in [0.25, 0.3) is 0 Å². The maximum Gasteiger partial charge on any atom is 0.267 e. The molecule has 0 radical (unpaired) electrons. The van der Waals surface area contributed by atoms with Crippen molar-refractivity contribution < 1.29 is 19.0 Å². The molecule has 148 valence electrons. The van der Waals surface area contributed by atoms with Crippen LogP contribution in [0.4, 0.5) is 0 Å². The maximum absolute atomic E-state index is 13.2. The van der Waals surface area contributed by atoms with Gasteiger partial charge in [0.15, 0.2) is 11.5 Å². The van der Waals surface area contributed by atoms with Gasteiger partial charge in [-0.05, 0) is 30.7 Å². The van der Waals surface area contributed by atoms with Gasteiger partial charge in [-0.2, -0.15) is 0 Å². The third-order valence-corrected chi connectivity index (χ3v) is 7.06. The lowest BCUT2D eigenvalue weighted by Crippen LogP contribution is -2.33. The molecule has 0 spiro atoms. The molecular formula is C21H24N2O4S. The van der Waals surface area contributed by atoms with Crippen LogP contribution in [0.2, 0.25) is 0 Å². The molecule has 5 rings (SSSR count). The fourth-order valence-corrected chi connectivity index (χ4v) is 5.78. The lowest BCUT2D eigenvalue weighted by Gasteiger charge is -2.27. The molecular weight excluding hydrogens is 376 g/mol. The summed E-state index contributed by atoms with van der Waals surface area (Å²) >= 11 is 1.42. The summed E-state index contributed by atoms with van der Waals surface area (Å²) in [6, 6.07) is 8.65. The first-order valence-electron chi connectivity index (χ1n) is 9.66. The summed E-state index contributed by atoms with van der Waals surface area (Å²) in [4.78, 5) is 18.3. The minimum atomic E-state index is 0.0716. The lowest BCUT2D eigenvalue weighted by molar-refractivity contribution is 0.0764. The van der Waals surface area contributed by atoms with Crippen molar-refractivity contribution in [1.82, 2.24) is 9.80 Å². The van der Waals surface area contributed by atoms with Gasteiger partial charge in [-0.15, -0.1) is 11.3 Å². The van der Waals surface area contributed by atoms with E-state index in [1.807, 2.05) is 22.4 Å². The maximum atomic E-state index is 13.2. The molecule has 1 amide bonds. The van der Waals surface area contributed by atoms with Crippen LogP contribution in [0.5, 0.6) is 17.2 Å². The summed E-state index contributed by atoms with van der Waals surface area (Å²) in [5.74, 6) is 3.21. The Hall–Kier alpha value is -2.25. The average Bonchev–Trinajstić information content (AvgIpc) is 3.40. The molecule has 28 heavy (non-hydrogen) atoms. The third kappa shape index (κ3) is 2.84. The van der Waals surface area contributed by atoms with Crippen LogP contribution >= 0.6 is 11.3 Å². The second-order valence-corrected chi connectivity index (χ2v) is 8.63. The summed E-state index contributed by atoms with van der Waals surface area (Å²) in [6.07, 6.45) is 0. The van der Waals surface area contributed by atoms with Crippen molar-refractivity contribution in [2.45, 2.75) is 6.04 Å². The highest BCUT2D eigenvalue weighted by Gasteiger charge is 2.47. The third-order valence-electron chi connectivity index (χ3n) is 6.13. The Bertz CT molecular complexity index is 881. The molecule has 1 aromatic carbocycles. The van der Waals surface area contributed by atoms with Crippen molar-refractivity contribution in [3.05, 3.63) is 40.1 Å². The van der Waals surface area contributed by atoms with Gasteiger partial charge < -0.3 is 19.1 Å². The summed E-state index contributed by atoms with van der Waals surface area (Å²) in [7, 11) is 3.87. The van der Waals surface area contributed by atoms with Crippen molar-refractivity contribution in [3.8, 4) is 17.2 Å². The normalized spacial score (nSPS) is 26.4. The molecule has 4 heterocycles. The van der Waals surface area contributed by atoms with E-state index in [1.165, 1.54) is 16.9 Å². The second-order valence-electron chi connectivity index (χ2n) is 7.75. The predicted molar refractivity (Wildman–Crippen MR) is 107 cm³/mol. The Kier molecular flexibility index (Phi) is 4.44. The number of hydrogen-bond acceptors (Lipinski definition) is 6. The first-order chi connectivity index (χ1) is 13.7. The number of likely N-dealkylation sites (tertiary alicyclic amines) is 2. The standard InChI is InChI=1S/C21H24N2O4S/c1-22-9-14-10-23(21(24)20-19-17(12-28-20)26-7-8-27-19)11-16(14)18(22)13-3-5-15(25-2)6-4-13/h3-6,12,14,16,18H,7-11H2,1-2H3/t14-,16+,18+/m0/s1. The number of nitrogens with zero attached hydrogens (tertiary/aromatic N) is 2. The van der Waals surface area contributed by atoms with Crippen molar-refractivity contribution in [1.29, 1.82) is 0 Å². The molecule has 6 nitrogen and oxygen atoms in total. The smallest absolute Gasteiger partial charge is 0.267 e. The summed E-state index contributed by atoms with van der Waals surface area (Å²) in [5.41, 5.74) is 1.29. The van der Waals surface area contributed by atoms with Crippen LogP contribution in [0, 0.1) is 11.8 Å². The molecule has 2 aromatic rings. The Morgan fingerprint density at radius 1 is 1.14 bits per heavy atom. The number of amides is 1. The van der Waals surface area contributed by atoms with Crippen LogP contribution in [0.1, 0.15) is 21.3 Å². The Balaban J connectivity index is 1.36. The average molecular weight is 401 g/mol. The van der Waals surface area contributed by atoms with Gasteiger partial charge in [0, 0.05) is 37.0 Å². The van der Waals surface area contributed by atoms with Crippen LogP contribution in [-0.4, -0.2) is 62.7 Å². The molecule has 7 heteroatoms. The van der Waals surface area contributed by atoms with E-state index >= 15 is 0 Å². The molecule has 3 atom stereocenters. The zero-order valence-electron chi connectivity index (χ0n) is 16.1. The van der Waals surface area contributed by atoms with E-state index < -0.39 is 0 Å². The SMILES string of the molecule is COc1ccc([C@@H]2[C@@H]3CN(C(=O)c4scc5c4OCCO5)C[C@@H]3CN2C)cc1. The molecule has 0 N–H and O–H groups in total. The minimum absolute atomic E-state index is 0.0716. The monoisotopic (exact) mass is 400 g/mol. The number of benzene rings is 1. The van der Waals surface area contributed by atoms with Crippen LogP contribution in [0.15, 0.2) is 29.6 Å². The zero-order chi connectivity index (χ0) is 19.3. The molecule has 3 aliphatic heterocycles. The van der Waals surface area contributed by atoms with Crippen molar-refractivity contribution in [2.24, 2.45) is 11.8 Å². The molecule has 3 aliphatic rings. The van der Waals surface area contributed by atoms with E-state index in [4.69, 9.17) is 14.2 Å². The first-order valence-corrected chi connectivity index (χ1v) is 10.5. The number of hydrogen-bond donors (Lipinski definition) is 0. The number of carbonyl (C=O) groups excluding carboxylic acids is 1. The second kappa shape index (κ2) is 6.97. The molecule has 2 fully saturated rings. The van der Waals surface area contributed by atoms with Crippen LogP contribution in [0.3, 0.4) is 0 Å². The van der Waals surface area contributed by atoms with E-state index in [-0.39, 0.29) is 5.91 Å². The van der Waals surface area contributed by atoms with Crippen molar-refractivity contribution in [3.63, 3.8) is 0 Å². The molecule has 0 bridgehead atoms. The van der Waals surface area contributed by atoms with E-state index in [0.29, 0.717) is 47.5 Å². The predicted octanol–water partition coefficient (Wildman–Crippen LogP) is 2.90. The van der Waals surface area contributed by atoms with Gasteiger partial charge in [0.05, 0.1) is 7.11 Å². The van der Waals surface area contributed by atoms with E-state index in [0.717, 1.165) is 25.4 Å². The van der Waals surface area contributed by atoms with Crippen molar-refractivity contribution >= 4 is 17.2 Å². The van der Waals surface area contributed by atoms with E-state index in [2.05, 4.69) is 24.1 Å². The van der Waals surface area contributed by atoms with Crippen LogP contribution in [-0.2, 0) is 0 Å². The van der Waals surface area contributed by atoms with Gasteiger partial charge in [0.25, 0.3) is 5.91 Å². The quantitative estimate of drug-likeness (QED) is 0.793. The Morgan fingerprint density at radius 2 is 1.93 bits per heavy atom. The van der Waals surface area contributed by atoms with E-state index in [9.17, 15) is 4.79 Å². The number of fused-ring (bicyclic) bond motifs is 2. The number of methoxy groups -OCH3 is 1. The molecule has 0 aliphatic carbocycles. The first kappa shape index (κ1) is 17.8. The van der Waals surface area contributed by atoms with Gasteiger partial charge in [0.2, 0.25) is 0 Å². The summed E-state index contributed by atoms with van der Waals surface area (Å²) in [6.45, 7) is 3.63. The van der Waals surface area contributed by atoms with Crippen LogP contribution < -0.4 is 14.2 Å². The summed E-state index contributed by atoms with van der Waals surface area (Å²) in [5, 5.41) is 1.88. The number of ether oxygens (including phenoxy) is 3. The molecule has 0 saturated carbocycles. The van der Waals surface area contributed by atoms with Gasteiger partial charge in [0.1, 0.15) is 23.8 Å².